The Morgan fingerprint density at radius 1 is 1.25 bits per heavy atom. The van der Waals surface area contributed by atoms with E-state index in [0.717, 1.165) is 39.9 Å². The fraction of sp³-hybridized carbons (Fsp3) is 0.304. The molecule has 0 spiro atoms. The molecular weight excluding hydrogens is 368 g/mol. The van der Waals surface area contributed by atoms with Gasteiger partial charge in [0.15, 0.2) is 4.80 Å². The Balaban J connectivity index is 1.95. The van der Waals surface area contributed by atoms with E-state index in [-0.39, 0.29) is 5.91 Å². The van der Waals surface area contributed by atoms with E-state index >= 15 is 0 Å². The average Bonchev–Trinajstić information content (AvgIpc) is 3.00. The van der Waals surface area contributed by atoms with Crippen LogP contribution in [0.4, 0.5) is 0 Å². The Morgan fingerprint density at radius 2 is 2.00 bits per heavy atom. The largest absolute Gasteiger partial charge is 0.494 e. The predicted octanol–water partition coefficient (Wildman–Crippen LogP) is 4.87. The lowest BCUT2D eigenvalue weighted by Crippen LogP contribution is -2.16. The van der Waals surface area contributed by atoms with Crippen molar-refractivity contribution in [1.82, 2.24) is 4.57 Å². The number of carbonyl (C=O) groups is 1. The molecule has 4 nitrogen and oxygen atoms in total. The van der Waals surface area contributed by atoms with Gasteiger partial charge in [0, 0.05) is 5.56 Å². The van der Waals surface area contributed by atoms with E-state index in [4.69, 9.17) is 11.2 Å². The van der Waals surface area contributed by atoms with Gasteiger partial charge in [0.25, 0.3) is 5.91 Å². The quantitative estimate of drug-likeness (QED) is 0.444. The van der Waals surface area contributed by atoms with Crippen molar-refractivity contribution in [3.8, 4) is 18.1 Å². The van der Waals surface area contributed by atoms with Crippen molar-refractivity contribution in [3.05, 3.63) is 57.9 Å². The van der Waals surface area contributed by atoms with Gasteiger partial charge >= 0.3 is 0 Å². The molecule has 28 heavy (non-hydrogen) atoms. The minimum Gasteiger partial charge on any atom is -0.494 e. The zero-order valence-electron chi connectivity index (χ0n) is 16.5. The number of hydrogen-bond donors (Lipinski definition) is 0. The number of fused-ring (bicyclic) bond motifs is 1. The third-order valence-electron chi connectivity index (χ3n) is 4.43. The van der Waals surface area contributed by atoms with Gasteiger partial charge in [-0.05, 0) is 61.7 Å². The summed E-state index contributed by atoms with van der Waals surface area (Å²) >= 11 is 1.49. The molecule has 1 heterocycles. The number of rotatable bonds is 6. The summed E-state index contributed by atoms with van der Waals surface area (Å²) in [6, 6.07) is 11.3. The van der Waals surface area contributed by atoms with Gasteiger partial charge in [-0.2, -0.15) is 4.99 Å². The van der Waals surface area contributed by atoms with Gasteiger partial charge in [-0.1, -0.05) is 36.7 Å². The number of carbonyl (C=O) groups excluding carboxylic acids is 1. The first-order valence-electron chi connectivity index (χ1n) is 9.39. The first-order valence-corrected chi connectivity index (χ1v) is 10.2. The lowest BCUT2D eigenvalue weighted by molar-refractivity contribution is 0.0998. The minimum absolute atomic E-state index is 0.285. The molecule has 0 fully saturated rings. The van der Waals surface area contributed by atoms with Gasteiger partial charge in [0.05, 0.1) is 23.4 Å². The molecule has 0 saturated carbocycles. The predicted molar refractivity (Wildman–Crippen MR) is 115 cm³/mol. The monoisotopic (exact) mass is 392 g/mol. The standard InChI is InChI=1S/C23H24N2O2S/c1-5-7-13-27-19-10-8-18(9-11-19)22(26)24-23-25(12-6-2)20-15-16(3)14-17(4)21(20)28-23/h2,8-11,14-15H,5,7,12-13H2,1,3-4H3. The number of aryl methyl sites for hydroxylation is 2. The maximum absolute atomic E-state index is 12.7. The topological polar surface area (TPSA) is 43.6 Å². The van der Waals surface area contributed by atoms with Crippen LogP contribution in [0.25, 0.3) is 10.2 Å². The van der Waals surface area contributed by atoms with Crippen LogP contribution in [0.5, 0.6) is 5.75 Å². The summed E-state index contributed by atoms with van der Waals surface area (Å²) in [7, 11) is 0. The van der Waals surface area contributed by atoms with Gasteiger partial charge in [-0.25, -0.2) is 0 Å². The zero-order chi connectivity index (χ0) is 20.1. The number of terminal acetylenes is 1. The minimum atomic E-state index is -0.285. The highest BCUT2D eigenvalue weighted by atomic mass is 32.1. The van der Waals surface area contributed by atoms with Crippen molar-refractivity contribution in [2.75, 3.05) is 6.61 Å². The van der Waals surface area contributed by atoms with Crippen LogP contribution in [-0.4, -0.2) is 17.1 Å². The number of amides is 1. The molecule has 0 saturated heterocycles. The Hall–Kier alpha value is -2.84. The van der Waals surface area contributed by atoms with Gasteiger partial charge in [0.1, 0.15) is 5.75 Å². The van der Waals surface area contributed by atoms with Crippen LogP contribution < -0.4 is 9.54 Å². The summed E-state index contributed by atoms with van der Waals surface area (Å²) in [4.78, 5) is 17.7. The Labute approximate surface area is 169 Å². The van der Waals surface area contributed by atoms with Crippen molar-refractivity contribution in [3.63, 3.8) is 0 Å². The average molecular weight is 393 g/mol. The number of unbranched alkanes of at least 4 members (excludes halogenated alkanes) is 1. The number of ether oxygens (including phenoxy) is 1. The first-order chi connectivity index (χ1) is 13.5. The number of nitrogens with zero attached hydrogens (tertiary/aromatic N) is 2. The van der Waals surface area contributed by atoms with Crippen molar-refractivity contribution in [2.24, 2.45) is 4.99 Å². The second kappa shape index (κ2) is 8.90. The molecule has 1 aromatic heterocycles. The normalized spacial score (nSPS) is 11.6. The second-order valence-electron chi connectivity index (χ2n) is 6.75. The lowest BCUT2D eigenvalue weighted by atomic mass is 10.1. The zero-order valence-corrected chi connectivity index (χ0v) is 17.3. The molecule has 0 N–H and O–H groups in total. The van der Waals surface area contributed by atoms with Gasteiger partial charge in [-0.15, -0.1) is 6.42 Å². The Morgan fingerprint density at radius 3 is 2.68 bits per heavy atom. The van der Waals surface area contributed by atoms with Gasteiger partial charge < -0.3 is 9.30 Å². The van der Waals surface area contributed by atoms with E-state index in [0.29, 0.717) is 23.5 Å². The molecule has 0 aliphatic rings. The van der Waals surface area contributed by atoms with Gasteiger partial charge in [0.2, 0.25) is 0 Å². The molecule has 3 aromatic rings. The summed E-state index contributed by atoms with van der Waals surface area (Å²) in [6.45, 7) is 7.29. The van der Waals surface area contributed by atoms with E-state index < -0.39 is 0 Å². The maximum atomic E-state index is 12.7. The third-order valence-corrected chi connectivity index (χ3v) is 5.66. The Bertz CT molecular complexity index is 1100. The molecule has 0 radical (unpaired) electrons. The van der Waals surface area contributed by atoms with Crippen LogP contribution in [0, 0.1) is 26.2 Å². The van der Waals surface area contributed by atoms with Gasteiger partial charge in [-0.3, -0.25) is 4.79 Å². The summed E-state index contributed by atoms with van der Waals surface area (Å²) in [5.74, 6) is 3.15. The van der Waals surface area contributed by atoms with E-state index in [2.05, 4.69) is 43.8 Å². The number of aromatic nitrogens is 1. The highest BCUT2D eigenvalue weighted by Crippen LogP contribution is 2.23. The van der Waals surface area contributed by atoms with E-state index in [1.165, 1.54) is 11.3 Å². The van der Waals surface area contributed by atoms with E-state index in [9.17, 15) is 4.79 Å². The highest BCUT2D eigenvalue weighted by molar-refractivity contribution is 7.16. The second-order valence-corrected chi connectivity index (χ2v) is 7.73. The molecule has 144 valence electrons. The molecule has 3 rings (SSSR count). The van der Waals surface area contributed by atoms with Crippen LogP contribution >= 0.6 is 11.3 Å². The summed E-state index contributed by atoms with van der Waals surface area (Å²) < 4.78 is 8.68. The van der Waals surface area contributed by atoms with Crippen LogP contribution in [0.3, 0.4) is 0 Å². The van der Waals surface area contributed by atoms with Crippen molar-refractivity contribution >= 4 is 27.5 Å². The molecule has 5 heteroatoms. The molecule has 1 amide bonds. The highest BCUT2D eigenvalue weighted by Gasteiger charge is 2.11. The van der Waals surface area contributed by atoms with E-state index in [1.807, 2.05) is 16.7 Å². The van der Waals surface area contributed by atoms with Crippen LogP contribution in [0.1, 0.15) is 41.3 Å². The molecule has 0 aliphatic carbocycles. The summed E-state index contributed by atoms with van der Waals surface area (Å²) in [5.41, 5.74) is 3.87. The molecule has 0 unspecified atom stereocenters. The lowest BCUT2D eigenvalue weighted by Gasteiger charge is -2.05. The Kier molecular flexibility index (Phi) is 6.33. The third kappa shape index (κ3) is 4.35. The maximum Gasteiger partial charge on any atom is 0.279 e. The smallest absolute Gasteiger partial charge is 0.279 e. The SMILES string of the molecule is C#CCn1c(=NC(=O)c2ccc(OCCCC)cc2)sc2c(C)cc(C)cc21. The molecule has 0 atom stereocenters. The fourth-order valence-corrected chi connectivity index (χ4v) is 4.10. The molecule has 2 aromatic carbocycles. The number of benzene rings is 2. The number of thiazole rings is 1. The first kappa shape index (κ1) is 19.9. The number of hydrogen-bond acceptors (Lipinski definition) is 3. The van der Waals surface area contributed by atoms with Crippen LogP contribution in [-0.2, 0) is 6.54 Å². The molecule has 0 aliphatic heterocycles. The summed E-state index contributed by atoms with van der Waals surface area (Å²) in [5, 5.41) is 0. The van der Waals surface area contributed by atoms with Crippen LogP contribution in [0.15, 0.2) is 41.4 Å². The summed E-state index contributed by atoms with van der Waals surface area (Å²) in [6.07, 6.45) is 7.65. The molecular formula is C23H24N2O2S. The molecule has 0 bridgehead atoms. The van der Waals surface area contributed by atoms with Crippen molar-refractivity contribution in [2.45, 2.75) is 40.2 Å². The van der Waals surface area contributed by atoms with Crippen LogP contribution in [0.2, 0.25) is 0 Å². The van der Waals surface area contributed by atoms with E-state index in [1.54, 1.807) is 12.1 Å². The van der Waals surface area contributed by atoms with Crippen molar-refractivity contribution < 1.29 is 9.53 Å². The van der Waals surface area contributed by atoms with Crippen molar-refractivity contribution in [1.29, 1.82) is 0 Å². The fourth-order valence-electron chi connectivity index (χ4n) is 3.02.